The molecule has 0 aromatic heterocycles. The molecule has 0 spiro atoms. The number of hydrogen-bond acceptors (Lipinski definition) is 7. The molecule has 2 aromatic rings. The largest absolute Gasteiger partial charge is 0.488 e. The third kappa shape index (κ3) is 4.94. The Balaban J connectivity index is 1.36. The Morgan fingerprint density at radius 3 is 2.36 bits per heavy atom. The first-order valence-electron chi connectivity index (χ1n) is 11.8. The molecule has 2 aromatic carbocycles. The van der Waals surface area contributed by atoms with E-state index in [1.807, 2.05) is 24.3 Å². The van der Waals surface area contributed by atoms with E-state index in [0.29, 0.717) is 12.5 Å². The topological polar surface area (TPSA) is 109 Å². The molecule has 3 fully saturated rings. The Kier molecular flexibility index (Phi) is 6.69. The van der Waals surface area contributed by atoms with Crippen LogP contribution < -0.4 is 4.74 Å². The summed E-state index contributed by atoms with van der Waals surface area (Å²) in [6.45, 7) is 0.949. The molecule has 0 radical (unpaired) electrons. The highest BCUT2D eigenvalue weighted by Gasteiger charge is 2.44. The van der Waals surface area contributed by atoms with Gasteiger partial charge < -0.3 is 34.6 Å². The maximum Gasteiger partial charge on any atom is 0.124 e. The second-order valence-electron chi connectivity index (χ2n) is 9.41. The minimum Gasteiger partial charge on any atom is -0.488 e. The van der Waals surface area contributed by atoms with Crippen LogP contribution >= 0.6 is 0 Å². The molecular weight excluding hydrogens is 424 g/mol. The van der Waals surface area contributed by atoms with E-state index in [1.165, 1.54) is 18.4 Å². The second-order valence-corrected chi connectivity index (χ2v) is 9.41. The van der Waals surface area contributed by atoms with Crippen LogP contribution in [0.1, 0.15) is 53.5 Å². The standard InChI is InChI=1S/C26H32O7/c27-13-22-23(28)24(29)25(30)26(33-22)17-5-8-21(16-3-4-16)18(12-17)11-15-1-6-19(7-2-15)32-20-9-10-31-14-20/h1-2,5-8,12,16,20,22-30H,3-4,9-11,13-14H2/t20-,22+,23+,24-,25+,26-/m0/s1. The van der Waals surface area contributed by atoms with Crippen molar-refractivity contribution < 1.29 is 34.6 Å². The van der Waals surface area contributed by atoms with Crippen molar-refractivity contribution in [3.05, 3.63) is 64.7 Å². The average Bonchev–Trinajstić information content (AvgIpc) is 3.55. The Morgan fingerprint density at radius 2 is 1.70 bits per heavy atom. The van der Waals surface area contributed by atoms with E-state index < -0.39 is 37.1 Å². The van der Waals surface area contributed by atoms with Crippen LogP contribution in [0.5, 0.6) is 5.75 Å². The zero-order valence-electron chi connectivity index (χ0n) is 18.5. The summed E-state index contributed by atoms with van der Waals surface area (Å²) in [7, 11) is 0. The predicted molar refractivity (Wildman–Crippen MR) is 120 cm³/mol. The van der Waals surface area contributed by atoms with Gasteiger partial charge in [-0.3, -0.25) is 0 Å². The minimum absolute atomic E-state index is 0.118. The van der Waals surface area contributed by atoms with Crippen LogP contribution in [0.3, 0.4) is 0 Å². The zero-order chi connectivity index (χ0) is 22.9. The maximum atomic E-state index is 10.6. The van der Waals surface area contributed by atoms with Crippen LogP contribution in [0.25, 0.3) is 0 Å². The monoisotopic (exact) mass is 456 g/mol. The highest BCUT2D eigenvalue weighted by molar-refractivity contribution is 5.42. The summed E-state index contributed by atoms with van der Waals surface area (Å²) >= 11 is 0. The fourth-order valence-electron chi connectivity index (χ4n) is 4.83. The summed E-state index contributed by atoms with van der Waals surface area (Å²) in [4.78, 5) is 0. The normalized spacial score (nSPS) is 32.1. The van der Waals surface area contributed by atoms with Gasteiger partial charge in [0.15, 0.2) is 0 Å². The van der Waals surface area contributed by atoms with E-state index >= 15 is 0 Å². The molecule has 178 valence electrons. The molecule has 1 saturated carbocycles. The fraction of sp³-hybridized carbons (Fsp3) is 0.538. The van der Waals surface area contributed by atoms with Crippen molar-refractivity contribution in [2.45, 2.75) is 68.2 Å². The Bertz CT molecular complexity index is 934. The summed E-state index contributed by atoms with van der Waals surface area (Å²) in [6.07, 6.45) is -1.67. The van der Waals surface area contributed by atoms with E-state index in [0.717, 1.165) is 41.9 Å². The van der Waals surface area contributed by atoms with Crippen LogP contribution in [0, 0.1) is 0 Å². The predicted octanol–water partition coefficient (Wildman–Crippen LogP) is 1.84. The summed E-state index contributed by atoms with van der Waals surface area (Å²) in [5, 5.41) is 40.4. The Morgan fingerprint density at radius 1 is 0.909 bits per heavy atom. The third-order valence-electron chi connectivity index (χ3n) is 6.91. The lowest BCUT2D eigenvalue weighted by molar-refractivity contribution is -0.231. The van der Waals surface area contributed by atoms with Crippen LogP contribution in [0.2, 0.25) is 0 Å². The highest BCUT2D eigenvalue weighted by Crippen LogP contribution is 2.43. The quantitative estimate of drug-likeness (QED) is 0.503. The molecular formula is C26H32O7. The number of aliphatic hydroxyl groups excluding tert-OH is 4. The molecule has 2 aliphatic heterocycles. The number of benzene rings is 2. The summed E-state index contributed by atoms with van der Waals surface area (Å²) in [5.41, 5.74) is 4.34. The van der Waals surface area contributed by atoms with Crippen molar-refractivity contribution in [2.24, 2.45) is 0 Å². The second kappa shape index (κ2) is 9.70. The van der Waals surface area contributed by atoms with Gasteiger partial charge in [-0.05, 0) is 59.6 Å². The first kappa shape index (κ1) is 22.8. The summed E-state index contributed by atoms with van der Waals surface area (Å²) < 4.78 is 17.1. The van der Waals surface area contributed by atoms with Crippen LogP contribution in [0.15, 0.2) is 42.5 Å². The molecule has 1 aliphatic carbocycles. The van der Waals surface area contributed by atoms with Crippen LogP contribution in [-0.2, 0) is 15.9 Å². The molecule has 3 aliphatic rings. The van der Waals surface area contributed by atoms with Gasteiger partial charge in [0, 0.05) is 6.42 Å². The van der Waals surface area contributed by atoms with Gasteiger partial charge >= 0.3 is 0 Å². The molecule has 2 saturated heterocycles. The molecule has 0 amide bonds. The van der Waals surface area contributed by atoms with Crippen molar-refractivity contribution in [1.82, 2.24) is 0 Å². The molecule has 2 heterocycles. The van der Waals surface area contributed by atoms with Crippen molar-refractivity contribution in [3.8, 4) is 5.75 Å². The van der Waals surface area contributed by atoms with Crippen molar-refractivity contribution in [1.29, 1.82) is 0 Å². The Hall–Kier alpha value is -2.00. The molecule has 5 rings (SSSR count). The minimum atomic E-state index is -1.38. The number of aliphatic hydroxyl groups is 4. The van der Waals surface area contributed by atoms with Gasteiger partial charge in [-0.2, -0.15) is 0 Å². The summed E-state index contributed by atoms with van der Waals surface area (Å²) in [5.74, 6) is 1.39. The SMILES string of the molecule is OC[C@H]1O[C@@H](c2ccc(C3CC3)c(Cc3ccc(O[C@H]4CCOC4)cc3)c2)[C@H](O)[C@@H](O)[C@@H]1O. The smallest absolute Gasteiger partial charge is 0.124 e. The number of rotatable bonds is 7. The van der Waals surface area contributed by atoms with Gasteiger partial charge in [0.25, 0.3) is 0 Å². The van der Waals surface area contributed by atoms with E-state index in [9.17, 15) is 20.4 Å². The lowest BCUT2D eigenvalue weighted by atomic mass is 9.88. The zero-order valence-corrected chi connectivity index (χ0v) is 18.5. The lowest BCUT2D eigenvalue weighted by Crippen LogP contribution is -2.55. The average molecular weight is 457 g/mol. The van der Waals surface area contributed by atoms with Crippen LogP contribution in [-0.4, -0.2) is 70.8 Å². The fourth-order valence-corrected chi connectivity index (χ4v) is 4.83. The lowest BCUT2D eigenvalue weighted by Gasteiger charge is -2.40. The van der Waals surface area contributed by atoms with Gasteiger partial charge in [0.05, 0.1) is 19.8 Å². The molecule has 0 bridgehead atoms. The van der Waals surface area contributed by atoms with Gasteiger partial charge in [0.1, 0.15) is 42.4 Å². The number of ether oxygens (including phenoxy) is 3. The van der Waals surface area contributed by atoms with Gasteiger partial charge in [0.2, 0.25) is 0 Å². The molecule has 4 N–H and O–H groups in total. The summed E-state index contributed by atoms with van der Waals surface area (Å²) in [6, 6.07) is 14.2. The highest BCUT2D eigenvalue weighted by atomic mass is 16.5. The van der Waals surface area contributed by atoms with Crippen molar-refractivity contribution >= 4 is 0 Å². The third-order valence-corrected chi connectivity index (χ3v) is 6.91. The van der Waals surface area contributed by atoms with E-state index in [1.54, 1.807) is 0 Å². The van der Waals surface area contributed by atoms with E-state index in [4.69, 9.17) is 14.2 Å². The van der Waals surface area contributed by atoms with Crippen molar-refractivity contribution in [3.63, 3.8) is 0 Å². The van der Waals surface area contributed by atoms with Crippen LogP contribution in [0.4, 0.5) is 0 Å². The van der Waals surface area contributed by atoms with Gasteiger partial charge in [-0.15, -0.1) is 0 Å². The molecule has 7 nitrogen and oxygen atoms in total. The van der Waals surface area contributed by atoms with E-state index in [2.05, 4.69) is 18.2 Å². The molecule has 7 heteroatoms. The van der Waals surface area contributed by atoms with Crippen molar-refractivity contribution in [2.75, 3.05) is 19.8 Å². The maximum absolute atomic E-state index is 10.6. The van der Waals surface area contributed by atoms with Gasteiger partial charge in [-0.1, -0.05) is 30.3 Å². The Labute approximate surface area is 193 Å². The first-order valence-corrected chi connectivity index (χ1v) is 11.8. The van der Waals surface area contributed by atoms with Gasteiger partial charge in [-0.25, -0.2) is 0 Å². The molecule has 0 unspecified atom stereocenters. The first-order chi connectivity index (χ1) is 16.0. The molecule has 6 atom stereocenters. The van der Waals surface area contributed by atoms with E-state index in [-0.39, 0.29) is 6.10 Å². The number of hydrogen-bond donors (Lipinski definition) is 4. The molecule has 33 heavy (non-hydrogen) atoms.